The van der Waals surface area contributed by atoms with E-state index in [2.05, 4.69) is 43.4 Å². The number of carbonyl (C=O) groups is 2. The fraction of sp³-hybridized carbons (Fsp3) is 0.250. The van der Waals surface area contributed by atoms with Gasteiger partial charge in [-0.2, -0.15) is 0 Å². The Morgan fingerprint density at radius 3 is 2.50 bits per heavy atom. The molecule has 0 radical (unpaired) electrons. The Bertz CT molecular complexity index is 1030. The van der Waals surface area contributed by atoms with E-state index in [1.165, 1.54) is 10.5 Å². The van der Waals surface area contributed by atoms with E-state index >= 15 is 0 Å². The maximum absolute atomic E-state index is 13.0. The summed E-state index contributed by atoms with van der Waals surface area (Å²) in [5.41, 5.74) is 2.90. The van der Waals surface area contributed by atoms with E-state index in [1.54, 1.807) is 23.5 Å². The Morgan fingerprint density at radius 2 is 1.80 bits per heavy atom. The van der Waals surface area contributed by atoms with Crippen LogP contribution < -0.4 is 15.0 Å². The zero-order chi connectivity index (χ0) is 21.1. The summed E-state index contributed by atoms with van der Waals surface area (Å²) in [6, 6.07) is 19.3. The van der Waals surface area contributed by atoms with Crippen LogP contribution in [0.1, 0.15) is 41.8 Å². The van der Waals surface area contributed by atoms with Crippen LogP contribution in [0.5, 0.6) is 5.75 Å². The standard InChI is InChI=1S/C24H24N2O3S/c1-16(2)17-9-11-18(12-10-17)24(21-8-5-13-30-21)25-22(27)14-26-19-6-3-4-7-20(19)29-15-23(26)28/h3-13,16,24H,14-15H2,1-2H3,(H,25,27)/t24-/m1/s1. The summed E-state index contributed by atoms with van der Waals surface area (Å²) in [7, 11) is 0. The summed E-state index contributed by atoms with van der Waals surface area (Å²) in [5, 5.41) is 5.12. The number of nitrogens with one attached hydrogen (secondary N) is 1. The molecule has 2 aromatic carbocycles. The van der Waals surface area contributed by atoms with Crippen LogP contribution >= 0.6 is 11.3 Å². The monoisotopic (exact) mass is 420 g/mol. The molecule has 0 bridgehead atoms. The molecule has 0 aliphatic carbocycles. The lowest BCUT2D eigenvalue weighted by molar-refractivity contribution is -0.125. The number of hydrogen-bond acceptors (Lipinski definition) is 4. The molecule has 0 fully saturated rings. The van der Waals surface area contributed by atoms with Gasteiger partial charge in [-0.1, -0.05) is 56.3 Å². The zero-order valence-electron chi connectivity index (χ0n) is 17.0. The number of hydrogen-bond donors (Lipinski definition) is 1. The van der Waals surface area contributed by atoms with Crippen LogP contribution in [0.3, 0.4) is 0 Å². The molecule has 6 heteroatoms. The molecule has 3 aromatic rings. The highest BCUT2D eigenvalue weighted by molar-refractivity contribution is 7.10. The molecule has 0 saturated carbocycles. The fourth-order valence-corrected chi connectivity index (χ4v) is 4.33. The van der Waals surface area contributed by atoms with Gasteiger partial charge in [-0.3, -0.25) is 14.5 Å². The lowest BCUT2D eigenvalue weighted by atomic mass is 9.98. The molecule has 1 atom stereocenters. The number of para-hydroxylation sites is 2. The number of fused-ring (bicyclic) bond motifs is 1. The van der Waals surface area contributed by atoms with E-state index < -0.39 is 0 Å². The van der Waals surface area contributed by atoms with Crippen molar-refractivity contribution >= 4 is 28.8 Å². The van der Waals surface area contributed by atoms with E-state index in [1.807, 2.05) is 29.6 Å². The van der Waals surface area contributed by atoms with Gasteiger partial charge < -0.3 is 10.1 Å². The first kappa shape index (κ1) is 20.2. The van der Waals surface area contributed by atoms with E-state index in [0.29, 0.717) is 17.4 Å². The molecule has 0 spiro atoms. The molecule has 4 rings (SSSR count). The maximum Gasteiger partial charge on any atom is 0.265 e. The molecular formula is C24H24N2O3S. The number of ether oxygens (including phenoxy) is 1. The van der Waals surface area contributed by atoms with Crippen LogP contribution in [0, 0.1) is 0 Å². The van der Waals surface area contributed by atoms with Crippen molar-refractivity contribution < 1.29 is 14.3 Å². The van der Waals surface area contributed by atoms with Crippen molar-refractivity contribution in [3.8, 4) is 5.75 Å². The Balaban J connectivity index is 1.55. The number of benzene rings is 2. The van der Waals surface area contributed by atoms with E-state index in [9.17, 15) is 9.59 Å². The van der Waals surface area contributed by atoms with Gasteiger partial charge in [0, 0.05) is 4.88 Å². The summed E-state index contributed by atoms with van der Waals surface area (Å²) < 4.78 is 5.47. The third-order valence-electron chi connectivity index (χ3n) is 5.18. The van der Waals surface area contributed by atoms with Crippen molar-refractivity contribution in [1.29, 1.82) is 0 Å². The van der Waals surface area contributed by atoms with Crippen LogP contribution in [0.25, 0.3) is 0 Å². The summed E-state index contributed by atoms with van der Waals surface area (Å²) in [6.45, 7) is 4.20. The normalized spacial score (nSPS) is 14.2. The lowest BCUT2D eigenvalue weighted by Gasteiger charge is -2.29. The van der Waals surface area contributed by atoms with Crippen molar-refractivity contribution in [3.05, 3.63) is 82.0 Å². The smallest absolute Gasteiger partial charge is 0.265 e. The Hall–Kier alpha value is -3.12. The molecule has 1 aromatic heterocycles. The van der Waals surface area contributed by atoms with Crippen molar-refractivity contribution in [1.82, 2.24) is 5.32 Å². The average Bonchev–Trinajstić information content (AvgIpc) is 3.29. The number of rotatable bonds is 6. The van der Waals surface area contributed by atoms with Crippen molar-refractivity contribution in [2.24, 2.45) is 0 Å². The predicted octanol–water partition coefficient (Wildman–Crippen LogP) is 4.50. The number of carbonyl (C=O) groups excluding carboxylic acids is 2. The van der Waals surface area contributed by atoms with Crippen molar-refractivity contribution in [2.75, 3.05) is 18.1 Å². The van der Waals surface area contributed by atoms with Gasteiger partial charge in [-0.05, 0) is 40.6 Å². The first-order valence-corrected chi connectivity index (χ1v) is 10.9. The number of thiophene rings is 1. The largest absolute Gasteiger partial charge is 0.482 e. The van der Waals surface area contributed by atoms with E-state index in [-0.39, 0.29) is 31.0 Å². The van der Waals surface area contributed by atoms with Crippen LogP contribution in [0.2, 0.25) is 0 Å². The third-order valence-corrected chi connectivity index (χ3v) is 6.12. The van der Waals surface area contributed by atoms with Crippen LogP contribution in [0.15, 0.2) is 66.0 Å². The second-order valence-electron chi connectivity index (χ2n) is 7.57. The highest BCUT2D eigenvalue weighted by Crippen LogP contribution is 2.32. The van der Waals surface area contributed by atoms with Gasteiger partial charge in [0.25, 0.3) is 5.91 Å². The summed E-state index contributed by atoms with van der Waals surface area (Å²) in [6.07, 6.45) is 0. The second kappa shape index (κ2) is 8.71. The molecular weight excluding hydrogens is 396 g/mol. The molecule has 1 N–H and O–H groups in total. The van der Waals surface area contributed by atoms with Crippen molar-refractivity contribution in [2.45, 2.75) is 25.8 Å². The highest BCUT2D eigenvalue weighted by atomic mass is 32.1. The molecule has 1 aliphatic heterocycles. The molecule has 30 heavy (non-hydrogen) atoms. The van der Waals surface area contributed by atoms with Crippen LogP contribution in [-0.4, -0.2) is 25.0 Å². The quantitative estimate of drug-likeness (QED) is 0.639. The molecule has 2 amide bonds. The SMILES string of the molecule is CC(C)c1ccc([C@@H](NC(=O)CN2C(=O)COc3ccccc32)c2cccs2)cc1. The predicted molar refractivity (Wildman–Crippen MR) is 119 cm³/mol. The van der Waals surface area contributed by atoms with Crippen molar-refractivity contribution in [3.63, 3.8) is 0 Å². The molecule has 1 aliphatic rings. The average molecular weight is 421 g/mol. The van der Waals surface area contributed by atoms with E-state index in [0.717, 1.165) is 10.4 Å². The first-order valence-electron chi connectivity index (χ1n) is 9.97. The molecule has 0 saturated heterocycles. The van der Waals surface area contributed by atoms with Gasteiger partial charge in [-0.25, -0.2) is 0 Å². The summed E-state index contributed by atoms with van der Waals surface area (Å²) >= 11 is 1.60. The second-order valence-corrected chi connectivity index (χ2v) is 8.55. The van der Waals surface area contributed by atoms with Gasteiger partial charge in [0.2, 0.25) is 5.91 Å². The van der Waals surface area contributed by atoms with Crippen LogP contribution in [-0.2, 0) is 9.59 Å². The van der Waals surface area contributed by atoms with Gasteiger partial charge in [0.15, 0.2) is 6.61 Å². The lowest BCUT2D eigenvalue weighted by Crippen LogP contribution is -2.45. The first-order chi connectivity index (χ1) is 14.5. The van der Waals surface area contributed by atoms with E-state index in [4.69, 9.17) is 4.74 Å². The molecule has 5 nitrogen and oxygen atoms in total. The minimum Gasteiger partial charge on any atom is -0.482 e. The number of amides is 2. The Morgan fingerprint density at radius 1 is 1.07 bits per heavy atom. The van der Waals surface area contributed by atoms with Crippen LogP contribution in [0.4, 0.5) is 5.69 Å². The number of anilines is 1. The van der Waals surface area contributed by atoms with Gasteiger partial charge in [-0.15, -0.1) is 11.3 Å². The van der Waals surface area contributed by atoms with Gasteiger partial charge in [0.05, 0.1) is 11.7 Å². The minimum absolute atomic E-state index is 0.0504. The Labute approximate surface area is 180 Å². The molecule has 154 valence electrons. The zero-order valence-corrected chi connectivity index (χ0v) is 17.8. The third kappa shape index (κ3) is 4.24. The topological polar surface area (TPSA) is 58.6 Å². The number of nitrogens with zero attached hydrogens (tertiary/aromatic N) is 1. The maximum atomic E-state index is 13.0. The fourth-order valence-electron chi connectivity index (χ4n) is 3.53. The van der Waals surface area contributed by atoms with Gasteiger partial charge >= 0.3 is 0 Å². The summed E-state index contributed by atoms with van der Waals surface area (Å²) in [5.74, 6) is 0.620. The highest BCUT2D eigenvalue weighted by Gasteiger charge is 2.28. The molecule has 0 unspecified atom stereocenters. The molecule has 2 heterocycles. The Kier molecular flexibility index (Phi) is 5.86. The minimum atomic E-state index is -0.259. The van der Waals surface area contributed by atoms with Gasteiger partial charge in [0.1, 0.15) is 12.3 Å². The summed E-state index contributed by atoms with van der Waals surface area (Å²) in [4.78, 5) is 27.9.